The molecule has 0 aliphatic carbocycles. The second-order valence-electron chi connectivity index (χ2n) is 8.76. The highest BCUT2D eigenvalue weighted by Gasteiger charge is 2.32. The standard InChI is InChI=1S/C27H27Cl4N3O4S/c1-4-32-27(36)18(3)33(15-19-7-11-22(28)24(30)13-19)26(35)16-34(20-8-12-23(29)25(31)14-20)39(37,38)21-9-5-17(2)6-10-21/h5-14,18H,4,15-16H2,1-3H3,(H,32,36). The van der Waals surface area contributed by atoms with Crippen LogP contribution in [0.2, 0.25) is 20.1 Å². The number of anilines is 1. The first-order chi connectivity index (χ1) is 18.3. The lowest BCUT2D eigenvalue weighted by Gasteiger charge is -2.32. The van der Waals surface area contributed by atoms with Crippen LogP contribution in [0.25, 0.3) is 0 Å². The summed E-state index contributed by atoms with van der Waals surface area (Å²) in [7, 11) is -4.23. The first-order valence-electron chi connectivity index (χ1n) is 11.9. The number of sulfonamides is 1. The fourth-order valence-electron chi connectivity index (χ4n) is 3.75. The molecule has 0 bridgehead atoms. The van der Waals surface area contributed by atoms with E-state index < -0.39 is 34.4 Å². The van der Waals surface area contributed by atoms with Crippen LogP contribution >= 0.6 is 46.4 Å². The van der Waals surface area contributed by atoms with Crippen molar-refractivity contribution in [3.05, 3.63) is 91.9 Å². The zero-order chi connectivity index (χ0) is 28.9. The Morgan fingerprint density at radius 3 is 2.03 bits per heavy atom. The average Bonchev–Trinajstić information content (AvgIpc) is 2.89. The zero-order valence-corrected chi connectivity index (χ0v) is 25.3. The smallest absolute Gasteiger partial charge is 0.264 e. The van der Waals surface area contributed by atoms with Crippen LogP contribution in [0.15, 0.2) is 65.6 Å². The summed E-state index contributed by atoms with van der Waals surface area (Å²) in [4.78, 5) is 27.9. The Morgan fingerprint density at radius 2 is 1.46 bits per heavy atom. The van der Waals surface area contributed by atoms with Gasteiger partial charge in [-0.3, -0.25) is 13.9 Å². The summed E-state index contributed by atoms with van der Waals surface area (Å²) in [6, 6.07) is 14.5. The Balaban J connectivity index is 2.06. The van der Waals surface area contributed by atoms with Gasteiger partial charge in [0.1, 0.15) is 12.6 Å². The summed E-state index contributed by atoms with van der Waals surface area (Å²) in [5.41, 5.74) is 1.62. The van der Waals surface area contributed by atoms with Crippen molar-refractivity contribution in [3.8, 4) is 0 Å². The molecule has 3 rings (SSSR count). The van der Waals surface area contributed by atoms with Gasteiger partial charge in [-0.15, -0.1) is 0 Å². The minimum Gasteiger partial charge on any atom is -0.355 e. The van der Waals surface area contributed by atoms with Gasteiger partial charge in [-0.25, -0.2) is 8.42 Å². The molecule has 3 aromatic rings. The van der Waals surface area contributed by atoms with Gasteiger partial charge in [0.25, 0.3) is 10.0 Å². The number of aryl methyl sites for hydroxylation is 1. The average molecular weight is 631 g/mol. The second kappa shape index (κ2) is 13.2. The number of amides is 2. The van der Waals surface area contributed by atoms with Crippen LogP contribution in [0, 0.1) is 6.92 Å². The summed E-state index contributed by atoms with van der Waals surface area (Å²) in [6.45, 7) is 4.89. The van der Waals surface area contributed by atoms with E-state index in [1.807, 2.05) is 6.92 Å². The number of hydrogen-bond donors (Lipinski definition) is 1. The van der Waals surface area contributed by atoms with E-state index in [1.165, 1.54) is 35.2 Å². The van der Waals surface area contributed by atoms with Gasteiger partial charge < -0.3 is 10.2 Å². The van der Waals surface area contributed by atoms with Crippen molar-refractivity contribution < 1.29 is 18.0 Å². The molecule has 0 aromatic heterocycles. The van der Waals surface area contributed by atoms with Crippen LogP contribution in [-0.2, 0) is 26.2 Å². The second-order valence-corrected chi connectivity index (χ2v) is 12.3. The van der Waals surface area contributed by atoms with Gasteiger partial charge in [-0.05, 0) is 68.8 Å². The molecule has 0 radical (unpaired) electrons. The molecule has 39 heavy (non-hydrogen) atoms. The third-order valence-electron chi connectivity index (χ3n) is 5.93. The molecule has 0 aliphatic heterocycles. The SMILES string of the molecule is CCNC(=O)C(C)N(Cc1ccc(Cl)c(Cl)c1)C(=O)CN(c1ccc(Cl)c(Cl)c1)S(=O)(=O)c1ccc(C)cc1. The lowest BCUT2D eigenvalue weighted by Crippen LogP contribution is -2.51. The highest BCUT2D eigenvalue weighted by Crippen LogP contribution is 2.31. The van der Waals surface area contributed by atoms with Gasteiger partial charge >= 0.3 is 0 Å². The van der Waals surface area contributed by atoms with E-state index in [1.54, 1.807) is 44.2 Å². The van der Waals surface area contributed by atoms with Crippen LogP contribution in [0.5, 0.6) is 0 Å². The fraction of sp³-hybridized carbons (Fsp3) is 0.259. The van der Waals surface area contributed by atoms with E-state index in [0.29, 0.717) is 17.1 Å². The van der Waals surface area contributed by atoms with E-state index in [-0.39, 0.29) is 32.2 Å². The molecule has 0 heterocycles. The number of rotatable bonds is 10. The van der Waals surface area contributed by atoms with Crippen molar-refractivity contribution in [1.29, 1.82) is 0 Å². The Bertz CT molecular complexity index is 1470. The Hall–Kier alpha value is -2.49. The van der Waals surface area contributed by atoms with E-state index >= 15 is 0 Å². The largest absolute Gasteiger partial charge is 0.355 e. The van der Waals surface area contributed by atoms with Crippen molar-refractivity contribution in [2.75, 3.05) is 17.4 Å². The minimum absolute atomic E-state index is 0.0141. The Labute approximate surface area is 248 Å². The number of likely N-dealkylation sites (N-methyl/N-ethyl adjacent to an activating group) is 1. The van der Waals surface area contributed by atoms with Gasteiger partial charge in [0.2, 0.25) is 11.8 Å². The molecular weight excluding hydrogens is 604 g/mol. The van der Waals surface area contributed by atoms with Gasteiger partial charge in [0, 0.05) is 13.1 Å². The van der Waals surface area contributed by atoms with Gasteiger partial charge in [0.05, 0.1) is 30.7 Å². The molecule has 0 fully saturated rings. The Morgan fingerprint density at radius 1 is 0.872 bits per heavy atom. The monoisotopic (exact) mass is 629 g/mol. The molecule has 1 N–H and O–H groups in total. The molecular formula is C27H27Cl4N3O4S. The van der Waals surface area contributed by atoms with Crippen LogP contribution in [0.3, 0.4) is 0 Å². The van der Waals surface area contributed by atoms with Crippen molar-refractivity contribution >= 4 is 73.9 Å². The van der Waals surface area contributed by atoms with Crippen molar-refractivity contribution in [2.24, 2.45) is 0 Å². The van der Waals surface area contributed by atoms with Crippen molar-refractivity contribution in [1.82, 2.24) is 10.2 Å². The molecule has 3 aromatic carbocycles. The molecule has 0 spiro atoms. The molecule has 1 atom stereocenters. The first-order valence-corrected chi connectivity index (χ1v) is 14.9. The zero-order valence-electron chi connectivity index (χ0n) is 21.4. The minimum atomic E-state index is -4.23. The highest BCUT2D eigenvalue weighted by atomic mass is 35.5. The maximum Gasteiger partial charge on any atom is 0.264 e. The van der Waals surface area contributed by atoms with E-state index in [2.05, 4.69) is 5.32 Å². The molecule has 2 amide bonds. The van der Waals surface area contributed by atoms with E-state index in [0.717, 1.165) is 9.87 Å². The maximum atomic E-state index is 13.8. The summed E-state index contributed by atoms with van der Waals surface area (Å²) < 4.78 is 28.6. The van der Waals surface area contributed by atoms with Crippen LogP contribution < -0.4 is 9.62 Å². The normalized spacial score (nSPS) is 12.1. The lowest BCUT2D eigenvalue weighted by atomic mass is 10.1. The quantitative estimate of drug-likeness (QED) is 0.283. The fourth-order valence-corrected chi connectivity index (χ4v) is 5.76. The topological polar surface area (TPSA) is 86.8 Å². The van der Waals surface area contributed by atoms with Crippen LogP contribution in [0.1, 0.15) is 25.0 Å². The number of benzene rings is 3. The molecule has 0 saturated heterocycles. The predicted octanol–water partition coefficient (Wildman–Crippen LogP) is 6.36. The Kier molecular flexibility index (Phi) is 10.5. The molecule has 208 valence electrons. The van der Waals surface area contributed by atoms with Gasteiger partial charge in [0.15, 0.2) is 0 Å². The number of nitrogens with one attached hydrogen (secondary N) is 1. The number of halogens is 4. The molecule has 0 saturated carbocycles. The van der Waals surface area contributed by atoms with Crippen molar-refractivity contribution in [2.45, 2.75) is 38.3 Å². The summed E-state index contributed by atoms with van der Waals surface area (Å²) >= 11 is 24.5. The third-order valence-corrected chi connectivity index (χ3v) is 9.20. The summed E-state index contributed by atoms with van der Waals surface area (Å²) in [5, 5.41) is 3.67. The number of hydrogen-bond acceptors (Lipinski definition) is 4. The van der Waals surface area contributed by atoms with Crippen LogP contribution in [-0.4, -0.2) is 44.3 Å². The van der Waals surface area contributed by atoms with E-state index in [4.69, 9.17) is 46.4 Å². The number of carbonyl (C=O) groups excluding carboxylic acids is 2. The van der Waals surface area contributed by atoms with Crippen molar-refractivity contribution in [3.63, 3.8) is 0 Å². The van der Waals surface area contributed by atoms with Gasteiger partial charge in [-0.2, -0.15) is 0 Å². The third kappa shape index (κ3) is 7.58. The molecule has 0 aliphatic rings. The predicted molar refractivity (Wildman–Crippen MR) is 157 cm³/mol. The summed E-state index contributed by atoms with van der Waals surface area (Å²) in [5.74, 6) is -1.02. The van der Waals surface area contributed by atoms with Gasteiger partial charge in [-0.1, -0.05) is 70.2 Å². The number of carbonyl (C=O) groups is 2. The molecule has 7 nitrogen and oxygen atoms in total. The number of nitrogens with zero attached hydrogens (tertiary/aromatic N) is 2. The first kappa shape index (κ1) is 31.0. The van der Waals surface area contributed by atoms with Crippen LogP contribution in [0.4, 0.5) is 5.69 Å². The maximum absolute atomic E-state index is 13.8. The lowest BCUT2D eigenvalue weighted by molar-refractivity contribution is -0.139. The highest BCUT2D eigenvalue weighted by molar-refractivity contribution is 7.92. The molecule has 1 unspecified atom stereocenters. The molecule has 12 heteroatoms. The summed E-state index contributed by atoms with van der Waals surface area (Å²) in [6.07, 6.45) is 0. The van der Waals surface area contributed by atoms with E-state index in [9.17, 15) is 18.0 Å².